The molecule has 0 atom stereocenters. The molecular weight excluding hydrogens is 206 g/mol. The monoisotopic (exact) mass is 216 g/mol. The number of hydrogen-bond acceptors (Lipinski definition) is 3. The standard InChI is InChI=1S/C12H10NO3/c1-13-9-6-4-3-5-8(9)11-10(15-2)7-16-12(11)14/h3-6H,1-2,7H2/q+1. The highest BCUT2D eigenvalue weighted by Gasteiger charge is 2.35. The van der Waals surface area contributed by atoms with Gasteiger partial charge in [0.2, 0.25) is 6.61 Å². The number of aliphatic imine (C=N–C) groups is 1. The van der Waals surface area contributed by atoms with Gasteiger partial charge in [-0.05, 0) is 12.8 Å². The minimum absolute atomic E-state index is 0.114. The van der Waals surface area contributed by atoms with Crippen molar-refractivity contribution in [3.8, 4) is 0 Å². The summed E-state index contributed by atoms with van der Waals surface area (Å²) in [4.78, 5) is 15.4. The van der Waals surface area contributed by atoms with Crippen LogP contribution >= 0.6 is 0 Å². The van der Waals surface area contributed by atoms with Crippen molar-refractivity contribution in [2.24, 2.45) is 4.99 Å². The normalized spacial score (nSPS) is 14.9. The minimum atomic E-state index is -0.422. The number of carbonyl (C=O) groups excluding carboxylic acids is 2. The fraction of sp³-hybridized carbons (Fsp3) is 0.0833. The van der Waals surface area contributed by atoms with Crippen molar-refractivity contribution in [1.82, 2.24) is 0 Å². The van der Waals surface area contributed by atoms with Crippen molar-refractivity contribution >= 4 is 30.7 Å². The van der Waals surface area contributed by atoms with E-state index in [1.165, 1.54) is 0 Å². The molecule has 0 fully saturated rings. The summed E-state index contributed by atoms with van der Waals surface area (Å²) in [5.74, 6) is -0.00384. The molecular formula is C12H10NO3+. The molecule has 0 spiro atoms. The average Bonchev–Trinajstić information content (AvgIpc) is 2.70. The lowest BCUT2D eigenvalue weighted by Gasteiger charge is -2.01. The SMILES string of the molecule is C=Nc1ccccc1C1=C([O+]=C)COC1=O. The van der Waals surface area contributed by atoms with Gasteiger partial charge in [-0.3, -0.25) is 4.99 Å². The number of carbonyl (C=O) groups is 1. The molecule has 0 radical (unpaired) electrons. The van der Waals surface area contributed by atoms with E-state index in [2.05, 4.69) is 18.5 Å². The number of benzene rings is 1. The van der Waals surface area contributed by atoms with Crippen LogP contribution in [-0.2, 0) is 14.0 Å². The van der Waals surface area contributed by atoms with Gasteiger partial charge in [0.25, 0.3) is 6.79 Å². The van der Waals surface area contributed by atoms with Crippen molar-refractivity contribution in [3.05, 3.63) is 35.6 Å². The average molecular weight is 216 g/mol. The van der Waals surface area contributed by atoms with Gasteiger partial charge in [-0.25, -0.2) is 9.22 Å². The molecule has 0 amide bonds. The van der Waals surface area contributed by atoms with E-state index in [1.807, 2.05) is 12.1 Å². The topological polar surface area (TPSA) is 50.0 Å². The molecule has 0 bridgehead atoms. The third-order valence-electron chi connectivity index (χ3n) is 2.34. The summed E-state index contributed by atoms with van der Waals surface area (Å²) in [6, 6.07) is 7.16. The van der Waals surface area contributed by atoms with Crippen LogP contribution in [0.2, 0.25) is 0 Å². The summed E-state index contributed by atoms with van der Waals surface area (Å²) in [5.41, 5.74) is 1.64. The Kier molecular flexibility index (Phi) is 2.64. The van der Waals surface area contributed by atoms with Crippen LogP contribution in [0, 0.1) is 0 Å². The summed E-state index contributed by atoms with van der Waals surface area (Å²) in [6.45, 7) is 6.87. The molecule has 1 heterocycles. The Bertz CT molecular complexity index is 503. The largest absolute Gasteiger partial charge is 0.447 e. The minimum Gasteiger partial charge on any atom is -0.447 e. The lowest BCUT2D eigenvalue weighted by atomic mass is 10.0. The zero-order chi connectivity index (χ0) is 11.5. The number of cyclic esters (lactones) is 1. The van der Waals surface area contributed by atoms with Crippen molar-refractivity contribution in [1.29, 1.82) is 0 Å². The Labute approximate surface area is 92.6 Å². The van der Waals surface area contributed by atoms with Crippen LogP contribution in [0.1, 0.15) is 5.56 Å². The zero-order valence-corrected chi connectivity index (χ0v) is 8.60. The Morgan fingerprint density at radius 3 is 2.81 bits per heavy atom. The first-order chi connectivity index (χ1) is 7.77. The van der Waals surface area contributed by atoms with Gasteiger partial charge < -0.3 is 4.74 Å². The third-order valence-corrected chi connectivity index (χ3v) is 2.34. The summed E-state index contributed by atoms with van der Waals surface area (Å²) in [7, 11) is 0. The molecule has 0 unspecified atom stereocenters. The maximum Gasteiger partial charge on any atom is 0.380 e. The summed E-state index contributed by atoms with van der Waals surface area (Å²) < 4.78 is 9.75. The lowest BCUT2D eigenvalue weighted by Crippen LogP contribution is -1.98. The first kappa shape index (κ1) is 10.3. The van der Waals surface area contributed by atoms with E-state index >= 15 is 0 Å². The summed E-state index contributed by atoms with van der Waals surface area (Å²) in [5, 5.41) is 0. The van der Waals surface area contributed by atoms with Crippen LogP contribution < -0.4 is 0 Å². The van der Waals surface area contributed by atoms with E-state index in [0.29, 0.717) is 22.6 Å². The fourth-order valence-electron chi connectivity index (χ4n) is 1.59. The van der Waals surface area contributed by atoms with E-state index < -0.39 is 5.97 Å². The molecule has 1 aliphatic heterocycles. The number of esters is 1. The van der Waals surface area contributed by atoms with Gasteiger partial charge in [0.15, 0.2) is 5.57 Å². The van der Waals surface area contributed by atoms with Crippen molar-refractivity contribution in [2.75, 3.05) is 6.61 Å². The lowest BCUT2D eigenvalue weighted by molar-refractivity contribution is -0.388. The van der Waals surface area contributed by atoms with Gasteiger partial charge in [-0.1, -0.05) is 18.2 Å². The number of ether oxygens (including phenoxy) is 1. The molecule has 0 saturated heterocycles. The van der Waals surface area contributed by atoms with Gasteiger partial charge >= 0.3 is 11.7 Å². The molecule has 1 aliphatic rings. The fourth-order valence-corrected chi connectivity index (χ4v) is 1.59. The van der Waals surface area contributed by atoms with Crippen LogP contribution in [0.15, 0.2) is 35.0 Å². The molecule has 1 aromatic rings. The van der Waals surface area contributed by atoms with Crippen LogP contribution in [0.4, 0.5) is 5.69 Å². The van der Waals surface area contributed by atoms with Crippen molar-refractivity contribution in [2.45, 2.75) is 0 Å². The second kappa shape index (κ2) is 4.10. The summed E-state index contributed by atoms with van der Waals surface area (Å²) >= 11 is 0. The first-order valence-corrected chi connectivity index (χ1v) is 4.66. The van der Waals surface area contributed by atoms with Crippen LogP contribution in [0.5, 0.6) is 0 Å². The Balaban J connectivity index is 2.63. The highest BCUT2D eigenvalue weighted by molar-refractivity contribution is 6.20. The van der Waals surface area contributed by atoms with E-state index in [1.54, 1.807) is 12.1 Å². The van der Waals surface area contributed by atoms with Gasteiger partial charge in [-0.15, -0.1) is 0 Å². The van der Waals surface area contributed by atoms with Crippen LogP contribution in [0.3, 0.4) is 0 Å². The predicted molar refractivity (Wildman–Crippen MR) is 60.7 cm³/mol. The number of rotatable bonds is 3. The molecule has 4 nitrogen and oxygen atoms in total. The van der Waals surface area contributed by atoms with Crippen molar-refractivity contribution in [3.63, 3.8) is 0 Å². The summed E-state index contributed by atoms with van der Waals surface area (Å²) in [6.07, 6.45) is 0. The molecule has 1 aromatic carbocycles. The smallest absolute Gasteiger partial charge is 0.380 e. The maximum atomic E-state index is 11.6. The Hall–Kier alpha value is -2.23. The van der Waals surface area contributed by atoms with E-state index in [4.69, 9.17) is 9.16 Å². The maximum absolute atomic E-state index is 11.6. The second-order valence-electron chi connectivity index (χ2n) is 3.19. The van der Waals surface area contributed by atoms with E-state index in [0.717, 1.165) is 0 Å². The van der Waals surface area contributed by atoms with Gasteiger partial charge in [0, 0.05) is 5.56 Å². The zero-order valence-electron chi connectivity index (χ0n) is 8.60. The van der Waals surface area contributed by atoms with E-state index in [-0.39, 0.29) is 6.61 Å². The van der Waals surface area contributed by atoms with E-state index in [9.17, 15) is 4.79 Å². The Morgan fingerprint density at radius 1 is 1.38 bits per heavy atom. The number of nitrogens with zero attached hydrogens (tertiary/aromatic N) is 1. The quantitative estimate of drug-likeness (QED) is 0.438. The van der Waals surface area contributed by atoms with Gasteiger partial charge in [0.1, 0.15) is 0 Å². The van der Waals surface area contributed by atoms with Gasteiger partial charge in [-0.2, -0.15) is 0 Å². The third kappa shape index (κ3) is 1.54. The number of hydrogen-bond donors (Lipinski definition) is 0. The number of para-hydroxylation sites is 1. The highest BCUT2D eigenvalue weighted by Crippen LogP contribution is 2.31. The molecule has 0 aromatic heterocycles. The predicted octanol–water partition coefficient (Wildman–Crippen LogP) is 1.65. The first-order valence-electron chi connectivity index (χ1n) is 4.66. The molecule has 0 saturated carbocycles. The molecule has 0 N–H and O–H groups in total. The Morgan fingerprint density at radius 2 is 2.12 bits per heavy atom. The van der Waals surface area contributed by atoms with Crippen molar-refractivity contribution < 1.29 is 14.0 Å². The molecule has 16 heavy (non-hydrogen) atoms. The molecule has 2 rings (SSSR count). The molecule has 80 valence electrons. The highest BCUT2D eigenvalue weighted by atomic mass is 16.6. The van der Waals surface area contributed by atoms with Gasteiger partial charge in [0.05, 0.1) is 5.69 Å². The molecule has 4 heteroatoms. The van der Waals surface area contributed by atoms with Crippen LogP contribution in [-0.4, -0.2) is 26.1 Å². The van der Waals surface area contributed by atoms with Crippen LogP contribution in [0.25, 0.3) is 5.57 Å². The molecule has 0 aliphatic carbocycles. The second-order valence-corrected chi connectivity index (χ2v) is 3.19.